The number of nitrogens with zero attached hydrogens (tertiary/aromatic N) is 5. The van der Waals surface area contributed by atoms with Crippen molar-refractivity contribution >= 4 is 34.3 Å². The number of hydrogen-bond acceptors (Lipinski definition) is 5. The molecule has 5 rings (SSSR count). The molecule has 0 bridgehead atoms. The van der Waals surface area contributed by atoms with Crippen LogP contribution in [-0.4, -0.2) is 43.9 Å². The zero-order chi connectivity index (χ0) is 29.1. The van der Waals surface area contributed by atoms with Gasteiger partial charge in [0, 0.05) is 60.7 Å². The van der Waals surface area contributed by atoms with Gasteiger partial charge in [0.05, 0.1) is 12.2 Å². The summed E-state index contributed by atoms with van der Waals surface area (Å²) < 4.78 is 3.78. The minimum atomic E-state index is -0.0471. The summed E-state index contributed by atoms with van der Waals surface area (Å²) in [5.74, 6) is 1.30. The number of rotatable bonds is 9. The fourth-order valence-corrected chi connectivity index (χ4v) is 5.45. The second-order valence-corrected chi connectivity index (χ2v) is 10.9. The van der Waals surface area contributed by atoms with Crippen LogP contribution in [0.4, 0.5) is 5.69 Å². The molecule has 212 valence electrons. The van der Waals surface area contributed by atoms with Crippen molar-refractivity contribution in [2.24, 2.45) is 10.7 Å². The van der Waals surface area contributed by atoms with Gasteiger partial charge in [0.15, 0.2) is 0 Å². The van der Waals surface area contributed by atoms with E-state index in [1.165, 1.54) is 0 Å². The van der Waals surface area contributed by atoms with E-state index < -0.39 is 0 Å². The molecular weight excluding hydrogens is 512 g/mol. The average Bonchev–Trinajstić information content (AvgIpc) is 3.35. The molecule has 0 radical (unpaired) electrons. The highest BCUT2D eigenvalue weighted by Gasteiger charge is 2.21. The standard InChI is InChI=1S/C33H38N6O2/c1-5-13-37(14-6-2)32(40)27-18-26-8-7-24(19-29(26)36-30(34)20-27)23-9-10-28-25(17-23)11-15-38(33(28)41)21-31-35-12-16-39(31)22(3)4/h7-12,15-19,22H,5-6,13-14,20-21H2,1-4H3,(H2,34,36). The number of aliphatic imine (C=N–C) groups is 1. The Hall–Kier alpha value is -4.46. The predicted molar refractivity (Wildman–Crippen MR) is 166 cm³/mol. The largest absolute Gasteiger partial charge is 0.387 e. The second-order valence-electron chi connectivity index (χ2n) is 10.9. The fourth-order valence-electron chi connectivity index (χ4n) is 5.45. The summed E-state index contributed by atoms with van der Waals surface area (Å²) in [6.07, 6.45) is 9.62. The van der Waals surface area contributed by atoms with Gasteiger partial charge in [-0.15, -0.1) is 0 Å². The van der Waals surface area contributed by atoms with E-state index >= 15 is 0 Å². The maximum absolute atomic E-state index is 13.3. The van der Waals surface area contributed by atoms with Crippen molar-refractivity contribution < 1.29 is 4.79 Å². The molecule has 1 aliphatic heterocycles. The molecule has 3 heterocycles. The Bertz CT molecular complexity index is 1700. The first kappa shape index (κ1) is 28.1. The quantitative estimate of drug-likeness (QED) is 0.280. The number of fused-ring (bicyclic) bond motifs is 2. The highest BCUT2D eigenvalue weighted by Crippen LogP contribution is 2.33. The number of pyridine rings is 1. The van der Waals surface area contributed by atoms with E-state index in [-0.39, 0.29) is 17.5 Å². The van der Waals surface area contributed by atoms with Crippen molar-refractivity contribution in [3.8, 4) is 11.1 Å². The molecule has 0 saturated carbocycles. The topological polar surface area (TPSA) is 98.5 Å². The SMILES string of the molecule is CCCN(CCC)C(=O)C1=Cc2ccc(-c3ccc4c(=O)n(Cc5nccn5C(C)C)ccc4c3)cc2N=C(N)C1. The first-order valence-corrected chi connectivity index (χ1v) is 14.4. The first-order chi connectivity index (χ1) is 19.8. The monoisotopic (exact) mass is 550 g/mol. The molecule has 41 heavy (non-hydrogen) atoms. The number of amides is 1. The highest BCUT2D eigenvalue weighted by atomic mass is 16.2. The van der Waals surface area contributed by atoms with Gasteiger partial charge in [-0.05, 0) is 73.5 Å². The third-order valence-corrected chi connectivity index (χ3v) is 7.47. The maximum atomic E-state index is 13.3. The predicted octanol–water partition coefficient (Wildman–Crippen LogP) is 5.92. The minimum Gasteiger partial charge on any atom is -0.387 e. The van der Waals surface area contributed by atoms with E-state index in [4.69, 9.17) is 5.73 Å². The van der Waals surface area contributed by atoms with Crippen LogP contribution >= 0.6 is 0 Å². The summed E-state index contributed by atoms with van der Waals surface area (Å²) in [7, 11) is 0. The van der Waals surface area contributed by atoms with Crippen LogP contribution in [0.3, 0.4) is 0 Å². The maximum Gasteiger partial charge on any atom is 0.258 e. The van der Waals surface area contributed by atoms with Gasteiger partial charge in [0.2, 0.25) is 5.91 Å². The van der Waals surface area contributed by atoms with E-state index in [1.807, 2.05) is 65.8 Å². The van der Waals surface area contributed by atoms with Crippen LogP contribution in [0.2, 0.25) is 0 Å². The summed E-state index contributed by atoms with van der Waals surface area (Å²) in [5.41, 5.74) is 10.4. The zero-order valence-corrected chi connectivity index (χ0v) is 24.3. The molecule has 1 amide bonds. The van der Waals surface area contributed by atoms with Crippen LogP contribution in [-0.2, 0) is 11.3 Å². The molecular formula is C33H38N6O2. The normalized spacial score (nSPS) is 13.1. The van der Waals surface area contributed by atoms with Crippen LogP contribution in [0.25, 0.3) is 28.0 Å². The highest BCUT2D eigenvalue weighted by molar-refractivity contribution is 6.05. The van der Waals surface area contributed by atoms with E-state index in [2.05, 4.69) is 42.2 Å². The molecule has 0 unspecified atom stereocenters. The molecule has 0 spiro atoms. The molecule has 4 aromatic rings. The summed E-state index contributed by atoms with van der Waals surface area (Å²) in [5, 5.41) is 1.53. The van der Waals surface area contributed by atoms with E-state index in [0.717, 1.165) is 59.5 Å². The zero-order valence-electron chi connectivity index (χ0n) is 24.3. The molecule has 8 nitrogen and oxygen atoms in total. The summed E-state index contributed by atoms with van der Waals surface area (Å²) in [6.45, 7) is 10.2. The van der Waals surface area contributed by atoms with Crippen LogP contribution in [0.5, 0.6) is 0 Å². The lowest BCUT2D eigenvalue weighted by atomic mass is 9.99. The van der Waals surface area contributed by atoms with Crippen molar-refractivity contribution in [2.45, 2.75) is 59.5 Å². The Labute approximate surface area is 240 Å². The number of carbonyl (C=O) groups excluding carboxylic acids is 1. The van der Waals surface area contributed by atoms with E-state index in [9.17, 15) is 9.59 Å². The van der Waals surface area contributed by atoms with Crippen molar-refractivity contribution in [1.82, 2.24) is 19.0 Å². The van der Waals surface area contributed by atoms with Gasteiger partial charge in [0.1, 0.15) is 11.7 Å². The average molecular weight is 551 g/mol. The van der Waals surface area contributed by atoms with Gasteiger partial charge in [-0.2, -0.15) is 0 Å². The second kappa shape index (κ2) is 12.0. The summed E-state index contributed by atoms with van der Waals surface area (Å²) in [6, 6.07) is 14.1. The van der Waals surface area contributed by atoms with Crippen LogP contribution in [0.15, 0.2) is 76.4 Å². The van der Waals surface area contributed by atoms with Gasteiger partial charge >= 0.3 is 0 Å². The number of aromatic nitrogens is 3. The number of carbonyl (C=O) groups is 1. The Balaban J connectivity index is 1.45. The Morgan fingerprint density at radius 3 is 2.49 bits per heavy atom. The molecule has 0 saturated heterocycles. The molecule has 2 aromatic heterocycles. The Morgan fingerprint density at radius 1 is 1.02 bits per heavy atom. The van der Waals surface area contributed by atoms with Crippen LogP contribution < -0.4 is 11.3 Å². The molecule has 0 fully saturated rings. The Morgan fingerprint density at radius 2 is 1.76 bits per heavy atom. The molecule has 2 N–H and O–H groups in total. The van der Waals surface area contributed by atoms with E-state index in [1.54, 1.807) is 10.8 Å². The Kier molecular flexibility index (Phi) is 8.19. The van der Waals surface area contributed by atoms with Gasteiger partial charge in [-0.3, -0.25) is 9.59 Å². The van der Waals surface area contributed by atoms with Gasteiger partial charge in [-0.25, -0.2) is 9.98 Å². The number of hydrogen-bond donors (Lipinski definition) is 1. The number of imidazole rings is 1. The number of amidine groups is 1. The van der Waals surface area contributed by atoms with Crippen LogP contribution in [0, 0.1) is 0 Å². The van der Waals surface area contributed by atoms with Crippen molar-refractivity contribution in [3.05, 3.63) is 88.4 Å². The number of nitrogens with two attached hydrogens (primary N) is 1. The third kappa shape index (κ3) is 5.87. The van der Waals surface area contributed by atoms with Gasteiger partial charge < -0.3 is 19.8 Å². The molecule has 0 aliphatic carbocycles. The minimum absolute atomic E-state index is 0.0251. The van der Waals surface area contributed by atoms with Crippen molar-refractivity contribution in [1.29, 1.82) is 0 Å². The lowest BCUT2D eigenvalue weighted by Gasteiger charge is -2.22. The lowest BCUT2D eigenvalue weighted by Crippen LogP contribution is -2.34. The molecule has 0 atom stereocenters. The van der Waals surface area contributed by atoms with Gasteiger partial charge in [0.25, 0.3) is 5.56 Å². The van der Waals surface area contributed by atoms with Gasteiger partial charge in [-0.1, -0.05) is 32.0 Å². The third-order valence-electron chi connectivity index (χ3n) is 7.47. The fraction of sp³-hybridized carbons (Fsp3) is 0.333. The lowest BCUT2D eigenvalue weighted by molar-refractivity contribution is -0.127. The molecule has 8 heteroatoms. The van der Waals surface area contributed by atoms with Crippen molar-refractivity contribution in [2.75, 3.05) is 13.1 Å². The van der Waals surface area contributed by atoms with E-state index in [0.29, 0.717) is 29.8 Å². The van der Waals surface area contributed by atoms with Crippen molar-refractivity contribution in [3.63, 3.8) is 0 Å². The molecule has 2 aromatic carbocycles. The first-order valence-electron chi connectivity index (χ1n) is 14.4. The van der Waals surface area contributed by atoms with Crippen LogP contribution in [0.1, 0.15) is 64.4 Å². The summed E-state index contributed by atoms with van der Waals surface area (Å²) >= 11 is 0. The smallest absolute Gasteiger partial charge is 0.258 e. The number of benzene rings is 2. The summed E-state index contributed by atoms with van der Waals surface area (Å²) in [4.78, 5) is 37.6. The molecule has 1 aliphatic rings.